The molecule has 5 nitrogen and oxygen atoms in total. The van der Waals surface area contributed by atoms with Crippen LogP contribution in [0.3, 0.4) is 0 Å². The second-order valence-corrected chi connectivity index (χ2v) is 5.44. The Bertz CT molecular complexity index is 614. The largest absolute Gasteiger partial charge is 0.368 e. The number of primary amides is 1. The highest BCUT2D eigenvalue weighted by atomic mass is 35.5. The molecular formula is C11H11ClN4OS. The average molecular weight is 283 g/mol. The van der Waals surface area contributed by atoms with Gasteiger partial charge in [-0.2, -0.15) is 4.98 Å². The van der Waals surface area contributed by atoms with Gasteiger partial charge in [0.25, 0.3) is 0 Å². The third kappa shape index (κ3) is 1.81. The molecule has 0 radical (unpaired) electrons. The molecule has 3 heterocycles. The summed E-state index contributed by atoms with van der Waals surface area (Å²) in [6, 6.07) is 1.65. The predicted molar refractivity (Wildman–Crippen MR) is 72.0 cm³/mol. The van der Waals surface area contributed by atoms with E-state index in [0.29, 0.717) is 5.82 Å². The Labute approximate surface area is 113 Å². The van der Waals surface area contributed by atoms with E-state index < -0.39 is 0 Å². The molecule has 1 aliphatic heterocycles. The fraction of sp³-hybridized carbons (Fsp3) is 0.364. The number of rotatable bonds is 2. The molecule has 0 saturated carbocycles. The first-order chi connectivity index (χ1) is 8.66. The van der Waals surface area contributed by atoms with E-state index in [2.05, 4.69) is 9.97 Å². The molecule has 94 valence electrons. The van der Waals surface area contributed by atoms with Crippen molar-refractivity contribution < 1.29 is 4.79 Å². The van der Waals surface area contributed by atoms with Crippen molar-refractivity contribution in [2.45, 2.75) is 18.9 Å². The zero-order valence-corrected chi connectivity index (χ0v) is 11.0. The molecule has 0 aliphatic carbocycles. The summed E-state index contributed by atoms with van der Waals surface area (Å²) in [5, 5.41) is 3.07. The Morgan fingerprint density at radius 3 is 3.17 bits per heavy atom. The molecule has 0 spiro atoms. The molecule has 3 rings (SSSR count). The maximum Gasteiger partial charge on any atom is 0.240 e. The molecule has 1 amide bonds. The quantitative estimate of drug-likeness (QED) is 0.853. The Morgan fingerprint density at radius 1 is 1.56 bits per heavy atom. The van der Waals surface area contributed by atoms with Gasteiger partial charge in [0, 0.05) is 6.54 Å². The first-order valence-corrected chi connectivity index (χ1v) is 6.89. The molecule has 2 aromatic heterocycles. The molecule has 1 saturated heterocycles. The van der Waals surface area contributed by atoms with Gasteiger partial charge in [-0.05, 0) is 35.9 Å². The lowest BCUT2D eigenvalue weighted by molar-refractivity contribution is -0.119. The van der Waals surface area contributed by atoms with Gasteiger partial charge in [-0.15, -0.1) is 11.3 Å². The fourth-order valence-corrected chi connectivity index (χ4v) is 3.32. The molecule has 2 aromatic rings. The first-order valence-electron chi connectivity index (χ1n) is 5.63. The molecule has 0 bridgehead atoms. The third-order valence-corrected chi connectivity index (χ3v) is 4.11. The van der Waals surface area contributed by atoms with Crippen LogP contribution >= 0.6 is 22.9 Å². The van der Waals surface area contributed by atoms with Crippen LogP contribution in [0.5, 0.6) is 0 Å². The topological polar surface area (TPSA) is 72.1 Å². The number of anilines is 1. The minimum Gasteiger partial charge on any atom is -0.368 e. The summed E-state index contributed by atoms with van der Waals surface area (Å²) in [6.45, 7) is 0.770. The zero-order chi connectivity index (χ0) is 12.7. The first kappa shape index (κ1) is 11.7. The van der Waals surface area contributed by atoms with Crippen LogP contribution in [-0.2, 0) is 4.79 Å². The number of aromatic nitrogens is 2. The Kier molecular flexibility index (Phi) is 2.83. The highest BCUT2D eigenvalue weighted by molar-refractivity contribution is 7.16. The standard InChI is InChI=1S/C11H11ClN4OS/c12-11-14-9(6-3-5-18-10(6)15-11)16-4-1-2-7(16)8(13)17/h3,5,7H,1-2,4H2,(H2,13,17)/t7-/m0/s1. The van der Waals surface area contributed by atoms with Crippen LogP contribution < -0.4 is 10.6 Å². The minimum atomic E-state index is -0.314. The van der Waals surface area contributed by atoms with Crippen molar-refractivity contribution in [1.82, 2.24) is 9.97 Å². The lowest BCUT2D eigenvalue weighted by atomic mass is 10.2. The molecule has 18 heavy (non-hydrogen) atoms. The smallest absolute Gasteiger partial charge is 0.240 e. The number of halogens is 1. The Hall–Kier alpha value is -1.40. The van der Waals surface area contributed by atoms with Gasteiger partial charge in [-0.3, -0.25) is 4.79 Å². The van der Waals surface area contributed by atoms with Crippen LogP contribution in [-0.4, -0.2) is 28.5 Å². The van der Waals surface area contributed by atoms with Gasteiger partial charge in [0.1, 0.15) is 16.7 Å². The maximum absolute atomic E-state index is 11.5. The molecule has 1 atom stereocenters. The van der Waals surface area contributed by atoms with Crippen LogP contribution in [0.1, 0.15) is 12.8 Å². The average Bonchev–Trinajstić information content (AvgIpc) is 2.95. The van der Waals surface area contributed by atoms with Crippen molar-refractivity contribution in [2.75, 3.05) is 11.4 Å². The molecule has 1 aliphatic rings. The fourth-order valence-electron chi connectivity index (χ4n) is 2.35. The maximum atomic E-state index is 11.5. The van der Waals surface area contributed by atoms with Crippen molar-refractivity contribution in [3.05, 3.63) is 16.7 Å². The lowest BCUT2D eigenvalue weighted by Crippen LogP contribution is -2.40. The van der Waals surface area contributed by atoms with Gasteiger partial charge in [0.05, 0.1) is 5.39 Å². The summed E-state index contributed by atoms with van der Waals surface area (Å²) < 4.78 is 0. The van der Waals surface area contributed by atoms with Crippen LogP contribution in [0.4, 0.5) is 5.82 Å². The third-order valence-electron chi connectivity index (χ3n) is 3.13. The van der Waals surface area contributed by atoms with E-state index in [1.54, 1.807) is 0 Å². The SMILES string of the molecule is NC(=O)[C@@H]1CCCN1c1nc(Cl)nc2sccc12. The number of fused-ring (bicyclic) bond motifs is 1. The van der Waals surface area contributed by atoms with E-state index in [-0.39, 0.29) is 17.2 Å². The van der Waals surface area contributed by atoms with Crippen molar-refractivity contribution in [3.8, 4) is 0 Å². The van der Waals surface area contributed by atoms with Gasteiger partial charge in [0.15, 0.2) is 0 Å². The second kappa shape index (κ2) is 4.37. The van der Waals surface area contributed by atoms with Crippen molar-refractivity contribution >= 4 is 44.9 Å². The van der Waals surface area contributed by atoms with E-state index in [1.807, 2.05) is 16.3 Å². The number of amides is 1. The number of hydrogen-bond acceptors (Lipinski definition) is 5. The second-order valence-electron chi connectivity index (χ2n) is 4.21. The molecule has 0 aromatic carbocycles. The normalized spacial score (nSPS) is 19.6. The van der Waals surface area contributed by atoms with Crippen LogP contribution in [0, 0.1) is 0 Å². The van der Waals surface area contributed by atoms with Gasteiger partial charge < -0.3 is 10.6 Å². The highest BCUT2D eigenvalue weighted by Crippen LogP contribution is 2.33. The molecule has 2 N–H and O–H groups in total. The van der Waals surface area contributed by atoms with Gasteiger partial charge in [-0.25, -0.2) is 4.98 Å². The van der Waals surface area contributed by atoms with Crippen LogP contribution in [0.15, 0.2) is 11.4 Å². The van der Waals surface area contributed by atoms with Crippen molar-refractivity contribution in [3.63, 3.8) is 0 Å². The van der Waals surface area contributed by atoms with E-state index >= 15 is 0 Å². The predicted octanol–water partition coefficient (Wildman–Crippen LogP) is 1.80. The number of hydrogen-bond donors (Lipinski definition) is 1. The Balaban J connectivity index is 2.13. The summed E-state index contributed by atoms with van der Waals surface area (Å²) in [5.74, 6) is 0.401. The number of nitrogens with two attached hydrogens (primary N) is 1. The van der Waals surface area contributed by atoms with Crippen molar-refractivity contribution in [2.24, 2.45) is 5.73 Å². The summed E-state index contributed by atoms with van der Waals surface area (Å²) in [7, 11) is 0. The number of carbonyl (C=O) groups excluding carboxylic acids is 1. The summed E-state index contributed by atoms with van der Waals surface area (Å²) in [4.78, 5) is 22.7. The number of thiophene rings is 1. The van der Waals surface area contributed by atoms with Gasteiger partial charge >= 0.3 is 0 Å². The van der Waals surface area contributed by atoms with E-state index in [4.69, 9.17) is 17.3 Å². The molecular weight excluding hydrogens is 272 g/mol. The zero-order valence-electron chi connectivity index (χ0n) is 9.47. The van der Waals surface area contributed by atoms with E-state index in [1.165, 1.54) is 11.3 Å². The molecule has 0 unspecified atom stereocenters. The summed E-state index contributed by atoms with van der Waals surface area (Å²) >= 11 is 7.43. The number of nitrogens with zero attached hydrogens (tertiary/aromatic N) is 3. The lowest BCUT2D eigenvalue weighted by Gasteiger charge is -2.23. The van der Waals surface area contributed by atoms with Gasteiger partial charge in [0.2, 0.25) is 11.2 Å². The minimum absolute atomic E-state index is 0.204. The van der Waals surface area contributed by atoms with Crippen LogP contribution in [0.2, 0.25) is 5.28 Å². The van der Waals surface area contributed by atoms with Crippen LogP contribution in [0.25, 0.3) is 10.2 Å². The Morgan fingerprint density at radius 2 is 2.39 bits per heavy atom. The summed E-state index contributed by atoms with van der Waals surface area (Å²) in [6.07, 6.45) is 1.70. The van der Waals surface area contributed by atoms with E-state index in [0.717, 1.165) is 29.6 Å². The number of carbonyl (C=O) groups is 1. The van der Waals surface area contributed by atoms with Gasteiger partial charge in [-0.1, -0.05) is 0 Å². The molecule has 7 heteroatoms. The van der Waals surface area contributed by atoms with E-state index in [9.17, 15) is 4.79 Å². The highest BCUT2D eigenvalue weighted by Gasteiger charge is 2.31. The van der Waals surface area contributed by atoms with Crippen molar-refractivity contribution in [1.29, 1.82) is 0 Å². The summed E-state index contributed by atoms with van der Waals surface area (Å²) in [5.41, 5.74) is 5.43. The molecule has 1 fully saturated rings. The monoisotopic (exact) mass is 282 g/mol.